The summed E-state index contributed by atoms with van der Waals surface area (Å²) in [6, 6.07) is 14.1. The minimum absolute atomic E-state index is 0.182. The number of benzene rings is 1. The van der Waals surface area contributed by atoms with Crippen molar-refractivity contribution in [1.29, 1.82) is 0 Å². The van der Waals surface area contributed by atoms with E-state index in [1.54, 1.807) is 12.4 Å². The van der Waals surface area contributed by atoms with E-state index in [-0.39, 0.29) is 5.91 Å². The van der Waals surface area contributed by atoms with Gasteiger partial charge >= 0.3 is 0 Å². The summed E-state index contributed by atoms with van der Waals surface area (Å²) in [4.78, 5) is 18.7. The van der Waals surface area contributed by atoms with E-state index in [2.05, 4.69) is 38.8 Å². The number of hydrogen-bond acceptors (Lipinski definition) is 5. The van der Waals surface area contributed by atoms with Crippen molar-refractivity contribution in [2.24, 2.45) is 5.92 Å². The highest BCUT2D eigenvalue weighted by molar-refractivity contribution is 7.99. The van der Waals surface area contributed by atoms with Gasteiger partial charge < -0.3 is 4.90 Å². The van der Waals surface area contributed by atoms with Crippen LogP contribution in [0.15, 0.2) is 60.0 Å². The quantitative estimate of drug-likeness (QED) is 0.583. The second kappa shape index (κ2) is 9.22. The van der Waals surface area contributed by atoms with Gasteiger partial charge in [-0.15, -0.1) is 10.2 Å². The molecule has 0 aliphatic carbocycles. The molecule has 6 nitrogen and oxygen atoms in total. The zero-order valence-corrected chi connectivity index (χ0v) is 17.4. The zero-order chi connectivity index (χ0) is 20.1. The fraction of sp³-hybridized carbons (Fsp3) is 0.364. The van der Waals surface area contributed by atoms with E-state index < -0.39 is 0 Å². The van der Waals surface area contributed by atoms with Crippen LogP contribution in [0.3, 0.4) is 0 Å². The van der Waals surface area contributed by atoms with Gasteiger partial charge in [-0.25, -0.2) is 0 Å². The Balaban J connectivity index is 1.53. The first-order chi connectivity index (χ1) is 14.2. The number of carbonyl (C=O) groups is 1. The third-order valence-electron chi connectivity index (χ3n) is 5.30. The number of aromatic nitrogens is 4. The molecule has 1 amide bonds. The van der Waals surface area contributed by atoms with Crippen molar-refractivity contribution in [2.75, 3.05) is 18.8 Å². The first-order valence-electron chi connectivity index (χ1n) is 9.99. The summed E-state index contributed by atoms with van der Waals surface area (Å²) < 4.78 is 2.08. The zero-order valence-electron chi connectivity index (χ0n) is 16.6. The molecule has 0 N–H and O–H groups in total. The van der Waals surface area contributed by atoms with Gasteiger partial charge in [-0.3, -0.25) is 14.3 Å². The molecule has 1 aliphatic heterocycles. The second-order valence-electron chi connectivity index (χ2n) is 7.47. The van der Waals surface area contributed by atoms with Gasteiger partial charge in [0.2, 0.25) is 5.91 Å². The predicted octanol–water partition coefficient (Wildman–Crippen LogP) is 3.74. The van der Waals surface area contributed by atoms with Gasteiger partial charge in [0, 0.05) is 31.0 Å². The van der Waals surface area contributed by atoms with E-state index in [4.69, 9.17) is 0 Å². The van der Waals surface area contributed by atoms with Crippen molar-refractivity contribution in [2.45, 2.75) is 31.5 Å². The smallest absolute Gasteiger partial charge is 0.233 e. The molecule has 29 heavy (non-hydrogen) atoms. The molecule has 3 aromatic rings. The molecule has 1 fully saturated rings. The number of carbonyl (C=O) groups excluding carboxylic acids is 1. The molecule has 0 bridgehead atoms. The fourth-order valence-electron chi connectivity index (χ4n) is 3.49. The molecule has 2 aromatic heterocycles. The first-order valence-corrected chi connectivity index (χ1v) is 11.0. The number of likely N-dealkylation sites (tertiary alicyclic amines) is 1. The highest BCUT2D eigenvalue weighted by Gasteiger charge is 2.22. The maximum absolute atomic E-state index is 12.7. The summed E-state index contributed by atoms with van der Waals surface area (Å²) in [5.41, 5.74) is 2.13. The Bertz CT molecular complexity index is 936. The molecule has 3 heterocycles. The molecule has 0 spiro atoms. The van der Waals surface area contributed by atoms with Crippen LogP contribution in [0, 0.1) is 5.92 Å². The highest BCUT2D eigenvalue weighted by atomic mass is 32.2. The summed E-state index contributed by atoms with van der Waals surface area (Å²) in [6.07, 6.45) is 5.69. The molecule has 1 aromatic carbocycles. The van der Waals surface area contributed by atoms with Gasteiger partial charge in [0.15, 0.2) is 11.0 Å². The van der Waals surface area contributed by atoms with Crippen LogP contribution in [-0.2, 0) is 11.3 Å². The average Bonchev–Trinajstić information content (AvgIpc) is 3.16. The SMILES string of the molecule is CC1CCN(C(=O)CSc2nnc(-c3ccncc3)n2Cc2ccccc2)CC1. The van der Waals surface area contributed by atoms with Gasteiger partial charge in [-0.05, 0) is 36.5 Å². The van der Waals surface area contributed by atoms with Gasteiger partial charge in [0.05, 0.1) is 12.3 Å². The lowest BCUT2D eigenvalue weighted by molar-refractivity contribution is -0.129. The molecule has 4 rings (SSSR count). The summed E-state index contributed by atoms with van der Waals surface area (Å²) in [7, 11) is 0. The second-order valence-corrected chi connectivity index (χ2v) is 8.41. The predicted molar refractivity (Wildman–Crippen MR) is 114 cm³/mol. The van der Waals surface area contributed by atoms with Crippen LogP contribution in [0.2, 0.25) is 0 Å². The van der Waals surface area contributed by atoms with Crippen LogP contribution in [0.25, 0.3) is 11.4 Å². The van der Waals surface area contributed by atoms with Gasteiger partial charge in [-0.1, -0.05) is 49.0 Å². The lowest BCUT2D eigenvalue weighted by Crippen LogP contribution is -2.38. The Morgan fingerprint density at radius 2 is 1.79 bits per heavy atom. The molecule has 0 unspecified atom stereocenters. The molecule has 0 saturated carbocycles. The van der Waals surface area contributed by atoms with E-state index in [9.17, 15) is 4.79 Å². The Kier molecular flexibility index (Phi) is 6.24. The molecule has 0 radical (unpaired) electrons. The lowest BCUT2D eigenvalue weighted by Gasteiger charge is -2.30. The molecule has 1 saturated heterocycles. The van der Waals surface area contributed by atoms with E-state index in [1.165, 1.54) is 17.3 Å². The third kappa shape index (κ3) is 4.85. The summed E-state index contributed by atoms with van der Waals surface area (Å²) in [5.74, 6) is 2.07. The molecular weight excluding hydrogens is 382 g/mol. The van der Waals surface area contributed by atoms with Crippen LogP contribution in [0.5, 0.6) is 0 Å². The molecule has 150 valence electrons. The average molecular weight is 408 g/mol. The number of hydrogen-bond donors (Lipinski definition) is 0. The maximum Gasteiger partial charge on any atom is 0.233 e. The first kappa shape index (κ1) is 19.6. The van der Waals surface area contributed by atoms with E-state index in [0.717, 1.165) is 42.5 Å². The third-order valence-corrected chi connectivity index (χ3v) is 6.25. The van der Waals surface area contributed by atoms with Crippen LogP contribution in [-0.4, -0.2) is 49.4 Å². The highest BCUT2D eigenvalue weighted by Crippen LogP contribution is 2.26. The number of amides is 1. The van der Waals surface area contributed by atoms with Crippen molar-refractivity contribution in [3.63, 3.8) is 0 Å². The van der Waals surface area contributed by atoms with E-state index in [0.29, 0.717) is 18.2 Å². The molecule has 0 atom stereocenters. The topological polar surface area (TPSA) is 63.9 Å². The number of pyridine rings is 1. The fourth-order valence-corrected chi connectivity index (χ4v) is 4.33. The van der Waals surface area contributed by atoms with E-state index >= 15 is 0 Å². The number of thioether (sulfide) groups is 1. The van der Waals surface area contributed by atoms with Crippen molar-refractivity contribution < 1.29 is 4.79 Å². The van der Waals surface area contributed by atoms with Crippen LogP contribution in [0.1, 0.15) is 25.3 Å². The van der Waals surface area contributed by atoms with Crippen molar-refractivity contribution in [1.82, 2.24) is 24.6 Å². The number of nitrogens with zero attached hydrogens (tertiary/aromatic N) is 5. The van der Waals surface area contributed by atoms with E-state index in [1.807, 2.05) is 35.2 Å². The van der Waals surface area contributed by atoms with Crippen LogP contribution in [0.4, 0.5) is 0 Å². The summed E-state index contributed by atoms with van der Waals surface area (Å²) in [6.45, 7) is 4.63. The molecule has 7 heteroatoms. The Hall–Kier alpha value is -2.67. The van der Waals surface area contributed by atoms with Gasteiger partial charge in [0.1, 0.15) is 0 Å². The summed E-state index contributed by atoms with van der Waals surface area (Å²) in [5, 5.41) is 9.59. The van der Waals surface area contributed by atoms with Gasteiger partial charge in [-0.2, -0.15) is 0 Å². The molecular formula is C22H25N5OS. The minimum Gasteiger partial charge on any atom is -0.342 e. The largest absolute Gasteiger partial charge is 0.342 e. The van der Waals surface area contributed by atoms with Gasteiger partial charge in [0.25, 0.3) is 0 Å². The summed E-state index contributed by atoms with van der Waals surface area (Å²) >= 11 is 1.47. The monoisotopic (exact) mass is 407 g/mol. The number of piperidine rings is 1. The normalized spacial score (nSPS) is 14.9. The molecule has 1 aliphatic rings. The Morgan fingerprint density at radius 3 is 2.52 bits per heavy atom. The van der Waals surface area contributed by atoms with Crippen molar-refractivity contribution in [3.05, 3.63) is 60.4 Å². The number of rotatable bonds is 6. The Morgan fingerprint density at radius 1 is 1.07 bits per heavy atom. The standard InChI is InChI=1S/C22H25N5OS/c1-17-9-13-26(14-10-17)20(28)16-29-22-25-24-21(19-7-11-23-12-8-19)27(22)15-18-5-3-2-4-6-18/h2-8,11-12,17H,9-10,13-16H2,1H3. The maximum atomic E-state index is 12.7. The minimum atomic E-state index is 0.182. The lowest BCUT2D eigenvalue weighted by atomic mass is 9.99. The van der Waals surface area contributed by atoms with Crippen molar-refractivity contribution >= 4 is 17.7 Å². The van der Waals surface area contributed by atoms with Crippen LogP contribution >= 0.6 is 11.8 Å². The van der Waals surface area contributed by atoms with Crippen molar-refractivity contribution in [3.8, 4) is 11.4 Å². The van der Waals surface area contributed by atoms with Crippen LogP contribution < -0.4 is 0 Å². The Labute approximate surface area is 175 Å².